The molecular formula is C28H46O5. The molecule has 4 aliphatic rings. The van der Waals surface area contributed by atoms with Crippen molar-refractivity contribution in [3.63, 3.8) is 0 Å². The number of hydrogen-bond acceptors (Lipinski definition) is 3. The fourth-order valence-corrected chi connectivity index (χ4v) is 8.59. The third kappa shape index (κ3) is 4.89. The Morgan fingerprint density at radius 2 is 1.48 bits per heavy atom. The maximum absolute atomic E-state index is 12.2. The summed E-state index contributed by atoms with van der Waals surface area (Å²) >= 11 is 0. The van der Waals surface area contributed by atoms with E-state index in [-0.39, 0.29) is 6.42 Å². The topological polar surface area (TPSA) is 91.7 Å². The molecule has 8 atom stereocenters. The minimum atomic E-state index is -1.16. The number of fused-ring (bicyclic) bond motifs is 5. The fraction of sp³-hybridized carbons (Fsp3) is 0.893. The third-order valence-electron chi connectivity index (χ3n) is 10.6. The molecule has 0 aliphatic heterocycles. The molecule has 33 heavy (non-hydrogen) atoms. The molecule has 0 saturated heterocycles. The summed E-state index contributed by atoms with van der Waals surface area (Å²) in [4.78, 5) is 32.5. The van der Waals surface area contributed by atoms with Crippen LogP contribution >= 0.6 is 0 Å². The van der Waals surface area contributed by atoms with E-state index in [1.165, 1.54) is 71.6 Å². The van der Waals surface area contributed by atoms with Crippen LogP contribution in [0.1, 0.15) is 106 Å². The van der Waals surface area contributed by atoms with Crippen molar-refractivity contribution in [1.82, 2.24) is 0 Å². The Labute approximate surface area is 200 Å². The molecule has 0 aromatic rings. The van der Waals surface area contributed by atoms with Crippen molar-refractivity contribution in [3.8, 4) is 0 Å². The lowest BCUT2D eigenvalue weighted by molar-refractivity contribution is -0.153. The molecule has 4 saturated carbocycles. The summed E-state index contributed by atoms with van der Waals surface area (Å²) in [5, 5.41) is 16.7. The van der Waals surface area contributed by atoms with Crippen LogP contribution in [0.15, 0.2) is 0 Å². The molecule has 2 N–H and O–H groups in total. The highest BCUT2D eigenvalue weighted by Crippen LogP contribution is 2.67. The summed E-state index contributed by atoms with van der Waals surface area (Å²) < 4.78 is 0. The zero-order valence-corrected chi connectivity index (χ0v) is 21.7. The van der Waals surface area contributed by atoms with Crippen molar-refractivity contribution in [1.29, 1.82) is 0 Å². The number of hydrogen-bond donors (Lipinski definition) is 2. The van der Waals surface area contributed by atoms with Crippen LogP contribution in [0.3, 0.4) is 0 Å². The number of rotatable bonds is 4. The molecule has 0 aromatic heterocycles. The summed E-state index contributed by atoms with van der Waals surface area (Å²) in [6.07, 6.45) is 12.2. The summed E-state index contributed by atoms with van der Waals surface area (Å²) in [7, 11) is 0. The second kappa shape index (κ2) is 9.34. The van der Waals surface area contributed by atoms with Gasteiger partial charge in [-0.05, 0) is 113 Å². The fourth-order valence-electron chi connectivity index (χ4n) is 8.59. The van der Waals surface area contributed by atoms with Crippen molar-refractivity contribution >= 4 is 17.7 Å². The second-order valence-corrected chi connectivity index (χ2v) is 13.1. The molecule has 0 heterocycles. The van der Waals surface area contributed by atoms with E-state index in [1.807, 2.05) is 6.92 Å². The molecule has 0 spiro atoms. The lowest BCUT2D eigenvalue weighted by Gasteiger charge is -2.61. The third-order valence-corrected chi connectivity index (χ3v) is 10.6. The van der Waals surface area contributed by atoms with Crippen LogP contribution in [-0.4, -0.2) is 27.9 Å². The largest absolute Gasteiger partial charge is 0.481 e. The van der Waals surface area contributed by atoms with E-state index in [0.717, 1.165) is 29.6 Å². The molecule has 0 radical (unpaired) electrons. The average molecular weight is 463 g/mol. The number of carboxylic acids is 2. The molecule has 4 rings (SSSR count). The van der Waals surface area contributed by atoms with Crippen molar-refractivity contribution < 1.29 is 24.6 Å². The second-order valence-electron chi connectivity index (χ2n) is 13.1. The molecule has 5 nitrogen and oxygen atoms in total. The van der Waals surface area contributed by atoms with Gasteiger partial charge in [-0.15, -0.1) is 0 Å². The van der Waals surface area contributed by atoms with E-state index in [4.69, 9.17) is 10.2 Å². The van der Waals surface area contributed by atoms with Gasteiger partial charge in [0.25, 0.3) is 0 Å². The normalized spacial score (nSPS) is 42.1. The van der Waals surface area contributed by atoms with Gasteiger partial charge in [0.15, 0.2) is 0 Å². The summed E-state index contributed by atoms with van der Waals surface area (Å²) in [6, 6.07) is 0. The molecule has 4 aliphatic carbocycles. The Bertz CT molecular complexity index is 772. The number of Topliss-reactive ketones (excluding diaryl/α,β-unsaturated/α-hetero) is 1. The van der Waals surface area contributed by atoms with E-state index in [2.05, 4.69) is 20.8 Å². The van der Waals surface area contributed by atoms with Gasteiger partial charge in [0, 0.05) is 5.92 Å². The van der Waals surface area contributed by atoms with Gasteiger partial charge in [-0.25, -0.2) is 0 Å². The van der Waals surface area contributed by atoms with E-state index in [1.54, 1.807) is 0 Å². The van der Waals surface area contributed by atoms with Crippen molar-refractivity contribution in [2.45, 2.75) is 106 Å². The van der Waals surface area contributed by atoms with Gasteiger partial charge in [-0.1, -0.05) is 27.2 Å². The Hall–Kier alpha value is -1.39. The van der Waals surface area contributed by atoms with E-state index in [9.17, 15) is 14.4 Å². The number of aliphatic carboxylic acids is 2. The van der Waals surface area contributed by atoms with Gasteiger partial charge >= 0.3 is 11.9 Å². The SMILES string of the molecule is CC(=O)C1CCC2C3CCC4CC(C)CCC4(C)C3CCC12C.CC(C)(CC(=O)O)C(=O)O. The highest BCUT2D eigenvalue weighted by Gasteiger charge is 2.60. The summed E-state index contributed by atoms with van der Waals surface area (Å²) in [5.41, 5.74) is -0.213. The molecule has 0 bridgehead atoms. The van der Waals surface area contributed by atoms with E-state index < -0.39 is 17.4 Å². The number of ketones is 1. The first-order valence-electron chi connectivity index (χ1n) is 13.2. The van der Waals surface area contributed by atoms with Crippen molar-refractivity contribution in [2.75, 3.05) is 0 Å². The lowest BCUT2D eigenvalue weighted by atomic mass is 9.44. The van der Waals surface area contributed by atoms with Crippen molar-refractivity contribution in [2.24, 2.45) is 51.8 Å². The average Bonchev–Trinajstić information content (AvgIpc) is 3.05. The highest BCUT2D eigenvalue weighted by molar-refractivity contribution is 5.80. The van der Waals surface area contributed by atoms with Crippen LogP contribution in [0.4, 0.5) is 0 Å². The first-order valence-corrected chi connectivity index (χ1v) is 13.2. The Kier molecular flexibility index (Phi) is 7.42. The Morgan fingerprint density at radius 3 is 2.03 bits per heavy atom. The van der Waals surface area contributed by atoms with Gasteiger partial charge in [0.2, 0.25) is 0 Å². The highest BCUT2D eigenvalue weighted by atomic mass is 16.4. The van der Waals surface area contributed by atoms with Crippen LogP contribution < -0.4 is 0 Å². The smallest absolute Gasteiger partial charge is 0.309 e. The minimum absolute atomic E-state index is 0.332. The van der Waals surface area contributed by atoms with Crippen LogP contribution in [-0.2, 0) is 14.4 Å². The predicted molar refractivity (Wildman–Crippen MR) is 129 cm³/mol. The van der Waals surface area contributed by atoms with Crippen LogP contribution in [0.5, 0.6) is 0 Å². The van der Waals surface area contributed by atoms with Crippen LogP contribution in [0.25, 0.3) is 0 Å². The van der Waals surface area contributed by atoms with Gasteiger partial charge in [0.1, 0.15) is 5.78 Å². The standard InChI is InChI=1S/C22H36O.C6H10O4/c1-14-9-11-21(3)16(13-14)5-6-17-19-8-7-18(15(2)23)22(19,4)12-10-20(17)21;1-6(2,5(9)10)3-4(7)8/h14,16-20H,5-13H2,1-4H3;3H2,1-2H3,(H,7,8)(H,9,10). The first kappa shape index (κ1) is 26.2. The van der Waals surface area contributed by atoms with E-state index in [0.29, 0.717) is 22.5 Å². The Balaban J connectivity index is 0.000000262. The van der Waals surface area contributed by atoms with Crippen LogP contribution in [0, 0.1) is 51.8 Å². The predicted octanol–water partition coefficient (Wildman–Crippen LogP) is 6.44. The first-order chi connectivity index (χ1) is 15.2. The monoisotopic (exact) mass is 462 g/mol. The van der Waals surface area contributed by atoms with Gasteiger partial charge in [-0.2, -0.15) is 0 Å². The molecule has 0 aromatic carbocycles. The van der Waals surface area contributed by atoms with Crippen molar-refractivity contribution in [3.05, 3.63) is 0 Å². The molecule has 0 amide bonds. The van der Waals surface area contributed by atoms with Gasteiger partial charge < -0.3 is 10.2 Å². The molecule has 188 valence electrons. The Morgan fingerprint density at radius 1 is 0.879 bits per heavy atom. The molecule has 4 fully saturated rings. The minimum Gasteiger partial charge on any atom is -0.481 e. The quantitative estimate of drug-likeness (QED) is 0.501. The zero-order valence-electron chi connectivity index (χ0n) is 21.7. The van der Waals surface area contributed by atoms with E-state index >= 15 is 0 Å². The maximum Gasteiger partial charge on any atom is 0.309 e. The molecule has 8 unspecified atom stereocenters. The summed E-state index contributed by atoms with van der Waals surface area (Å²) in [6.45, 7) is 12.2. The number of carbonyl (C=O) groups excluding carboxylic acids is 1. The summed E-state index contributed by atoms with van der Waals surface area (Å²) in [5.74, 6) is 3.32. The number of carboxylic acid groups (broad SMARTS) is 2. The molecular weight excluding hydrogens is 416 g/mol. The van der Waals surface area contributed by atoms with Crippen LogP contribution in [0.2, 0.25) is 0 Å². The van der Waals surface area contributed by atoms with Gasteiger partial charge in [0.05, 0.1) is 11.8 Å². The maximum atomic E-state index is 12.2. The zero-order chi connectivity index (χ0) is 24.8. The van der Waals surface area contributed by atoms with Gasteiger partial charge in [-0.3, -0.25) is 14.4 Å². The lowest BCUT2D eigenvalue weighted by Crippen LogP contribution is -2.53. The number of carbonyl (C=O) groups is 3. The molecule has 5 heteroatoms.